The summed E-state index contributed by atoms with van der Waals surface area (Å²) in [6.07, 6.45) is 4.86. The van der Waals surface area contributed by atoms with Crippen LogP contribution in [0, 0.1) is 0 Å². The van der Waals surface area contributed by atoms with E-state index < -0.39 is 0 Å². The molecular weight excluding hydrogens is 502 g/mol. The van der Waals surface area contributed by atoms with Gasteiger partial charge in [-0.3, -0.25) is 0 Å². The Morgan fingerprint density at radius 3 is 2.54 bits per heavy atom. The van der Waals surface area contributed by atoms with Crippen molar-refractivity contribution in [3.63, 3.8) is 0 Å². The molecule has 0 N–H and O–H groups in total. The van der Waals surface area contributed by atoms with Crippen molar-refractivity contribution in [1.29, 1.82) is 0 Å². The molecule has 3 aliphatic rings. The Kier molecular flexibility index (Phi) is 8.43. The van der Waals surface area contributed by atoms with Crippen molar-refractivity contribution in [3.8, 4) is 6.01 Å². The van der Waals surface area contributed by atoms with E-state index >= 15 is 0 Å². The molecule has 1 atom stereocenters. The molecule has 2 fully saturated rings. The van der Waals surface area contributed by atoms with E-state index in [1.54, 1.807) is 7.11 Å². The number of likely N-dealkylation sites (tertiary alicyclic amines) is 1. The van der Waals surface area contributed by atoms with E-state index in [1.165, 1.54) is 31.5 Å². The predicted molar refractivity (Wildman–Crippen MR) is 157 cm³/mol. The number of ether oxygens (including phenoxy) is 1. The van der Waals surface area contributed by atoms with E-state index in [0.29, 0.717) is 17.8 Å². The number of anilines is 2. The van der Waals surface area contributed by atoms with Crippen LogP contribution in [0.3, 0.4) is 0 Å². The van der Waals surface area contributed by atoms with Crippen LogP contribution >= 0.6 is 23.4 Å². The lowest BCUT2D eigenvalue weighted by Gasteiger charge is -2.33. The van der Waals surface area contributed by atoms with Crippen molar-refractivity contribution in [2.75, 3.05) is 56.7 Å². The van der Waals surface area contributed by atoms with Crippen molar-refractivity contribution >= 4 is 45.6 Å². The van der Waals surface area contributed by atoms with Gasteiger partial charge in [0.1, 0.15) is 5.82 Å². The van der Waals surface area contributed by atoms with Crippen LogP contribution in [0.1, 0.15) is 30.5 Å². The van der Waals surface area contributed by atoms with Crippen LogP contribution in [0.15, 0.2) is 48.4 Å². The fourth-order valence-electron chi connectivity index (χ4n) is 5.53. The van der Waals surface area contributed by atoms with Crippen LogP contribution in [0.25, 0.3) is 10.8 Å². The fraction of sp³-hybridized carbons (Fsp3) is 0.448. The lowest BCUT2D eigenvalue weighted by Crippen LogP contribution is -2.34. The number of aromatic nitrogens is 2. The summed E-state index contributed by atoms with van der Waals surface area (Å²) < 4.78 is 5.48. The summed E-state index contributed by atoms with van der Waals surface area (Å²) in [5, 5.41) is 5.53. The van der Waals surface area contributed by atoms with Gasteiger partial charge in [0.05, 0.1) is 24.4 Å². The molecule has 196 valence electrons. The maximum Gasteiger partial charge on any atom is 0.318 e. The highest BCUT2D eigenvalue weighted by atomic mass is 35.5. The lowest BCUT2D eigenvalue weighted by atomic mass is 10.0. The van der Waals surface area contributed by atoms with Crippen LogP contribution in [0.5, 0.6) is 6.01 Å². The smallest absolute Gasteiger partial charge is 0.318 e. The van der Waals surface area contributed by atoms with Crippen LogP contribution in [-0.2, 0) is 13.0 Å². The van der Waals surface area contributed by atoms with Crippen molar-refractivity contribution in [1.82, 2.24) is 14.9 Å². The number of methoxy groups -OCH3 is 1. The van der Waals surface area contributed by atoms with E-state index in [-0.39, 0.29) is 0 Å². The van der Waals surface area contributed by atoms with Crippen molar-refractivity contribution in [3.05, 3.63) is 64.7 Å². The van der Waals surface area contributed by atoms with Gasteiger partial charge in [-0.15, -0.1) is 11.8 Å². The van der Waals surface area contributed by atoms with Crippen LogP contribution in [0.4, 0.5) is 11.5 Å². The summed E-state index contributed by atoms with van der Waals surface area (Å²) in [4.78, 5) is 16.6. The molecule has 8 heteroatoms. The molecular formula is C29H36ClN5OS. The van der Waals surface area contributed by atoms with Gasteiger partial charge >= 0.3 is 6.01 Å². The zero-order chi connectivity index (χ0) is 25.8. The Balaban J connectivity index is 0.000000412. The summed E-state index contributed by atoms with van der Waals surface area (Å²) in [7, 11) is 3.81. The number of hydrogen-bond donors (Lipinski definition) is 0. The topological polar surface area (TPSA) is 44.7 Å². The highest BCUT2D eigenvalue weighted by Crippen LogP contribution is 2.37. The van der Waals surface area contributed by atoms with Crippen LogP contribution < -0.4 is 14.5 Å². The highest BCUT2D eigenvalue weighted by Gasteiger charge is 2.30. The largest absolute Gasteiger partial charge is 0.467 e. The Labute approximate surface area is 229 Å². The van der Waals surface area contributed by atoms with Gasteiger partial charge in [0.25, 0.3) is 0 Å². The summed E-state index contributed by atoms with van der Waals surface area (Å²) >= 11 is 8.40. The molecule has 6 nitrogen and oxygen atoms in total. The van der Waals surface area contributed by atoms with Crippen LogP contribution in [0.2, 0.25) is 5.02 Å². The number of thioether (sulfide) groups is 1. The van der Waals surface area contributed by atoms with E-state index in [0.717, 1.165) is 65.5 Å². The molecule has 1 aromatic heterocycles. The second-order valence-electron chi connectivity index (χ2n) is 9.92. The zero-order valence-electron chi connectivity index (χ0n) is 21.8. The molecule has 0 saturated carbocycles. The highest BCUT2D eigenvalue weighted by molar-refractivity contribution is 8.02. The molecule has 2 aromatic carbocycles. The summed E-state index contributed by atoms with van der Waals surface area (Å²) in [6.45, 7) is 10.1. The molecule has 0 spiro atoms. The minimum atomic E-state index is 0.436. The molecule has 0 aliphatic carbocycles. The zero-order valence-corrected chi connectivity index (χ0v) is 23.4. The van der Waals surface area contributed by atoms with Gasteiger partial charge in [-0.1, -0.05) is 42.4 Å². The maximum atomic E-state index is 6.59. The Bertz CT molecular complexity index is 1240. The van der Waals surface area contributed by atoms with Crippen molar-refractivity contribution in [2.45, 2.75) is 37.5 Å². The van der Waals surface area contributed by atoms with Crippen molar-refractivity contribution in [2.24, 2.45) is 0 Å². The first-order chi connectivity index (χ1) is 18.1. The third-order valence-corrected chi connectivity index (χ3v) is 8.72. The summed E-state index contributed by atoms with van der Waals surface area (Å²) in [6, 6.07) is 12.9. The first-order valence-electron chi connectivity index (χ1n) is 13.1. The van der Waals surface area contributed by atoms with E-state index in [2.05, 4.69) is 52.6 Å². The van der Waals surface area contributed by atoms with E-state index in [4.69, 9.17) is 26.3 Å². The lowest BCUT2D eigenvalue weighted by molar-refractivity contribution is 0.376. The second kappa shape index (κ2) is 11.9. The number of halogens is 1. The van der Waals surface area contributed by atoms with Gasteiger partial charge in [0.15, 0.2) is 0 Å². The number of nitrogens with zero attached hydrogens (tertiary/aromatic N) is 5. The standard InChI is InChI=1S/C24H25ClN4OS.C5H11N/c1-3-31-17-10-12-29(14-17)23-18-11-13-28(15-20(18)26-24(27-23)30-2)21-9-5-7-16-6-4-8-19(25)22(16)21;1-6-4-2-3-5-6/h3-9,17H,1,10-15H2,2H3;2-5H2,1H3. The van der Waals surface area contributed by atoms with E-state index in [9.17, 15) is 0 Å². The number of hydrogen-bond acceptors (Lipinski definition) is 7. The van der Waals surface area contributed by atoms with Gasteiger partial charge in [-0.25, -0.2) is 0 Å². The average Bonchev–Trinajstić information content (AvgIpc) is 3.60. The Hall–Kier alpha value is -2.48. The van der Waals surface area contributed by atoms with Crippen molar-refractivity contribution < 1.29 is 4.74 Å². The third kappa shape index (κ3) is 5.84. The van der Waals surface area contributed by atoms with Gasteiger partial charge in [0.2, 0.25) is 0 Å². The third-order valence-electron chi connectivity index (χ3n) is 7.44. The SMILES string of the molecule is C=CSC1CCN(c2nc(OC)nc3c2CCN(c2cccc4cccc(Cl)c24)C3)C1.CN1CCCC1. The molecule has 3 aromatic rings. The quantitative estimate of drug-likeness (QED) is 0.394. The Morgan fingerprint density at radius 2 is 1.84 bits per heavy atom. The fourth-order valence-corrected chi connectivity index (χ4v) is 6.59. The number of rotatable bonds is 5. The molecule has 4 heterocycles. The second-order valence-corrected chi connectivity index (χ2v) is 11.6. The molecule has 0 bridgehead atoms. The van der Waals surface area contributed by atoms with E-state index in [1.807, 2.05) is 29.3 Å². The molecule has 37 heavy (non-hydrogen) atoms. The summed E-state index contributed by atoms with van der Waals surface area (Å²) in [5.74, 6) is 1.03. The molecule has 6 rings (SSSR count). The molecule has 3 aliphatic heterocycles. The minimum Gasteiger partial charge on any atom is -0.467 e. The van der Waals surface area contributed by atoms with Gasteiger partial charge in [-0.2, -0.15) is 9.97 Å². The number of fused-ring (bicyclic) bond motifs is 2. The normalized spacial score (nSPS) is 19.5. The molecule has 0 radical (unpaired) electrons. The van der Waals surface area contributed by atoms with Crippen LogP contribution in [-0.4, -0.2) is 67.0 Å². The monoisotopic (exact) mass is 537 g/mol. The first-order valence-corrected chi connectivity index (χ1v) is 14.4. The minimum absolute atomic E-state index is 0.436. The predicted octanol–water partition coefficient (Wildman–Crippen LogP) is 6.02. The molecule has 0 amide bonds. The Morgan fingerprint density at radius 1 is 1.05 bits per heavy atom. The first kappa shape index (κ1) is 26.1. The van der Waals surface area contributed by atoms with Gasteiger partial charge in [-0.05, 0) is 68.7 Å². The maximum absolute atomic E-state index is 6.59. The number of benzene rings is 2. The molecule has 1 unspecified atom stereocenters. The van der Waals surface area contributed by atoms with Gasteiger partial charge < -0.3 is 19.4 Å². The average molecular weight is 538 g/mol. The summed E-state index contributed by atoms with van der Waals surface area (Å²) in [5.41, 5.74) is 3.43. The molecule has 2 saturated heterocycles. The van der Waals surface area contributed by atoms with Gasteiger partial charge in [0, 0.05) is 41.5 Å².